The molecule has 4 aliphatic carbocycles. The maximum atomic E-state index is 2.52. The molecular formula is C17H22. The Morgan fingerprint density at radius 1 is 0.941 bits per heavy atom. The van der Waals surface area contributed by atoms with Crippen molar-refractivity contribution in [2.24, 2.45) is 23.7 Å². The van der Waals surface area contributed by atoms with Gasteiger partial charge in [0.15, 0.2) is 0 Å². The first kappa shape index (κ1) is 10.2. The highest BCUT2D eigenvalue weighted by Gasteiger charge is 2.54. The third-order valence-corrected chi connectivity index (χ3v) is 6.13. The first-order valence-corrected chi connectivity index (χ1v) is 7.32. The van der Waals surface area contributed by atoms with Crippen LogP contribution >= 0.6 is 0 Å². The van der Waals surface area contributed by atoms with E-state index in [2.05, 4.69) is 37.3 Å². The van der Waals surface area contributed by atoms with Crippen LogP contribution < -0.4 is 0 Å². The van der Waals surface area contributed by atoms with Crippen LogP contribution in [0.5, 0.6) is 0 Å². The van der Waals surface area contributed by atoms with Crippen LogP contribution in [0, 0.1) is 23.7 Å². The maximum absolute atomic E-state index is 2.52. The summed E-state index contributed by atoms with van der Waals surface area (Å²) in [6, 6.07) is 11.4. The van der Waals surface area contributed by atoms with Crippen molar-refractivity contribution < 1.29 is 0 Å². The first-order valence-electron chi connectivity index (χ1n) is 7.32. The van der Waals surface area contributed by atoms with Crippen LogP contribution in [0.3, 0.4) is 0 Å². The molecule has 0 saturated heterocycles. The van der Waals surface area contributed by atoms with E-state index < -0.39 is 0 Å². The average molecular weight is 226 g/mol. The summed E-state index contributed by atoms with van der Waals surface area (Å²) in [5, 5.41) is 0. The molecule has 4 aliphatic rings. The lowest BCUT2D eigenvalue weighted by Crippen LogP contribution is -2.52. The van der Waals surface area contributed by atoms with Crippen LogP contribution in [-0.2, 0) is 5.41 Å². The van der Waals surface area contributed by atoms with Gasteiger partial charge in [0.05, 0.1) is 0 Å². The van der Waals surface area contributed by atoms with Crippen molar-refractivity contribution in [2.45, 2.75) is 44.4 Å². The average Bonchev–Trinajstić information content (AvgIpc) is 2.36. The van der Waals surface area contributed by atoms with E-state index in [9.17, 15) is 0 Å². The summed E-state index contributed by atoms with van der Waals surface area (Å²) in [7, 11) is 0. The Morgan fingerprint density at radius 3 is 2.24 bits per heavy atom. The molecule has 90 valence electrons. The first-order chi connectivity index (χ1) is 8.27. The maximum Gasteiger partial charge on any atom is -0.00389 e. The zero-order chi connectivity index (χ0) is 11.5. The molecule has 1 aromatic carbocycles. The molecule has 0 N–H and O–H groups in total. The lowest BCUT2D eigenvalue weighted by atomic mass is 9.45. The van der Waals surface area contributed by atoms with E-state index in [1.807, 2.05) is 0 Å². The van der Waals surface area contributed by atoms with Gasteiger partial charge in [-0.25, -0.2) is 0 Å². The second kappa shape index (κ2) is 3.37. The normalized spacial score (nSPS) is 47.4. The molecule has 0 heterocycles. The van der Waals surface area contributed by atoms with E-state index in [1.165, 1.54) is 32.1 Å². The minimum absolute atomic E-state index is 0.574. The van der Waals surface area contributed by atoms with Gasteiger partial charge in [0.1, 0.15) is 0 Å². The standard InChI is InChI=1S/C17H22/c1-12-14-7-13-8-15(12)11-17(9-13,10-14)16-5-3-2-4-6-16/h2-6,12-15H,7-11H2,1H3. The Hall–Kier alpha value is -0.780. The predicted molar refractivity (Wildman–Crippen MR) is 70.8 cm³/mol. The molecule has 0 nitrogen and oxygen atoms in total. The Bertz CT molecular complexity index is 403. The number of hydrogen-bond donors (Lipinski definition) is 0. The topological polar surface area (TPSA) is 0 Å². The Kier molecular flexibility index (Phi) is 2.02. The van der Waals surface area contributed by atoms with Crippen molar-refractivity contribution in [3.8, 4) is 0 Å². The van der Waals surface area contributed by atoms with Gasteiger partial charge in [0.2, 0.25) is 0 Å². The van der Waals surface area contributed by atoms with Crippen LogP contribution in [0.4, 0.5) is 0 Å². The van der Waals surface area contributed by atoms with E-state index in [4.69, 9.17) is 0 Å². The molecule has 17 heavy (non-hydrogen) atoms. The molecule has 0 aliphatic heterocycles. The van der Waals surface area contributed by atoms with Gasteiger partial charge < -0.3 is 0 Å². The molecule has 4 saturated carbocycles. The molecule has 0 amide bonds. The largest absolute Gasteiger partial charge is 0.0622 e. The van der Waals surface area contributed by atoms with Crippen molar-refractivity contribution in [1.82, 2.24) is 0 Å². The number of hydrogen-bond acceptors (Lipinski definition) is 0. The Morgan fingerprint density at radius 2 is 1.59 bits per heavy atom. The van der Waals surface area contributed by atoms with Crippen molar-refractivity contribution in [1.29, 1.82) is 0 Å². The molecule has 0 radical (unpaired) electrons. The highest BCUT2D eigenvalue weighted by atomic mass is 14.6. The zero-order valence-corrected chi connectivity index (χ0v) is 10.7. The van der Waals surface area contributed by atoms with Gasteiger partial charge in [-0.15, -0.1) is 0 Å². The van der Waals surface area contributed by atoms with Gasteiger partial charge in [0, 0.05) is 0 Å². The van der Waals surface area contributed by atoms with Gasteiger partial charge in [-0.05, 0) is 66.8 Å². The van der Waals surface area contributed by atoms with Gasteiger partial charge in [-0.1, -0.05) is 37.3 Å². The molecule has 0 spiro atoms. The molecule has 2 atom stereocenters. The minimum Gasteiger partial charge on any atom is -0.0622 e. The fourth-order valence-electron chi connectivity index (χ4n) is 5.42. The van der Waals surface area contributed by atoms with Gasteiger partial charge in [-0.3, -0.25) is 0 Å². The van der Waals surface area contributed by atoms with Crippen molar-refractivity contribution in [3.05, 3.63) is 35.9 Å². The third kappa shape index (κ3) is 1.36. The number of rotatable bonds is 1. The van der Waals surface area contributed by atoms with Crippen LogP contribution in [0.15, 0.2) is 30.3 Å². The van der Waals surface area contributed by atoms with E-state index in [0.29, 0.717) is 5.41 Å². The van der Waals surface area contributed by atoms with Gasteiger partial charge >= 0.3 is 0 Å². The summed E-state index contributed by atoms with van der Waals surface area (Å²) in [5.41, 5.74) is 2.22. The van der Waals surface area contributed by atoms with E-state index in [0.717, 1.165) is 23.7 Å². The second-order valence-electron chi connectivity index (χ2n) is 6.98. The van der Waals surface area contributed by atoms with E-state index in [-0.39, 0.29) is 0 Å². The van der Waals surface area contributed by atoms with Crippen LogP contribution in [0.25, 0.3) is 0 Å². The highest BCUT2D eigenvalue weighted by molar-refractivity contribution is 5.29. The third-order valence-electron chi connectivity index (χ3n) is 6.13. The molecule has 0 heteroatoms. The smallest absolute Gasteiger partial charge is 0.00389 e. The minimum atomic E-state index is 0.574. The summed E-state index contributed by atoms with van der Waals surface area (Å²) >= 11 is 0. The summed E-state index contributed by atoms with van der Waals surface area (Å²) in [4.78, 5) is 0. The monoisotopic (exact) mass is 226 g/mol. The quantitative estimate of drug-likeness (QED) is 0.666. The van der Waals surface area contributed by atoms with Crippen LogP contribution in [0.1, 0.15) is 44.6 Å². The fraction of sp³-hybridized carbons (Fsp3) is 0.647. The van der Waals surface area contributed by atoms with Crippen LogP contribution in [0.2, 0.25) is 0 Å². The summed E-state index contributed by atoms with van der Waals surface area (Å²) in [5.74, 6) is 4.11. The summed E-state index contributed by atoms with van der Waals surface area (Å²) < 4.78 is 0. The highest BCUT2D eigenvalue weighted by Crippen LogP contribution is 2.62. The van der Waals surface area contributed by atoms with Gasteiger partial charge in [-0.2, -0.15) is 0 Å². The van der Waals surface area contributed by atoms with Crippen LogP contribution in [-0.4, -0.2) is 0 Å². The van der Waals surface area contributed by atoms with E-state index >= 15 is 0 Å². The second-order valence-corrected chi connectivity index (χ2v) is 6.98. The summed E-state index contributed by atoms with van der Waals surface area (Å²) in [6.45, 7) is 2.52. The molecule has 0 aromatic heterocycles. The molecular weight excluding hydrogens is 204 g/mol. The Balaban J connectivity index is 1.76. The van der Waals surface area contributed by atoms with Gasteiger partial charge in [0.25, 0.3) is 0 Å². The lowest BCUT2D eigenvalue weighted by Gasteiger charge is -2.60. The Labute approximate surface area is 104 Å². The molecule has 1 aromatic rings. The molecule has 5 rings (SSSR count). The lowest BCUT2D eigenvalue weighted by molar-refractivity contribution is -0.0489. The predicted octanol–water partition coefficient (Wildman–Crippen LogP) is 4.40. The van der Waals surface area contributed by atoms with Crippen molar-refractivity contribution >= 4 is 0 Å². The SMILES string of the molecule is CC1C2CC3CC1CC(c1ccccc1)(C3)C2. The van der Waals surface area contributed by atoms with Crippen molar-refractivity contribution in [2.75, 3.05) is 0 Å². The zero-order valence-electron chi connectivity index (χ0n) is 10.7. The summed E-state index contributed by atoms with van der Waals surface area (Å²) in [6.07, 6.45) is 7.51. The number of benzene rings is 1. The molecule has 4 bridgehead atoms. The molecule has 2 unspecified atom stereocenters. The fourth-order valence-corrected chi connectivity index (χ4v) is 5.42. The van der Waals surface area contributed by atoms with E-state index in [1.54, 1.807) is 5.56 Å². The molecule has 4 fully saturated rings. The van der Waals surface area contributed by atoms with Crippen molar-refractivity contribution in [3.63, 3.8) is 0 Å².